The van der Waals surface area contributed by atoms with Gasteiger partial charge in [-0.2, -0.15) is 0 Å². The molecule has 0 aliphatic heterocycles. The van der Waals surface area contributed by atoms with Gasteiger partial charge in [-0.15, -0.1) is 0 Å². The van der Waals surface area contributed by atoms with E-state index in [4.69, 9.17) is 4.74 Å². The van der Waals surface area contributed by atoms with Crippen LogP contribution in [0.15, 0.2) is 60.7 Å². The van der Waals surface area contributed by atoms with Gasteiger partial charge in [0.05, 0.1) is 5.92 Å². The summed E-state index contributed by atoms with van der Waals surface area (Å²) in [6, 6.07) is 18.5. The number of nitrogens with one attached hydrogen (secondary N) is 1. The molecular formula is C23H27NO5. The summed E-state index contributed by atoms with van der Waals surface area (Å²) in [5.41, 5.74) is 0.886. The number of ketones is 1. The Hall–Kier alpha value is -3.15. The minimum absolute atomic E-state index is 0.0198. The number of hydrogen-bond donors (Lipinski definition) is 2. The Bertz CT molecular complexity index is 818. The molecule has 154 valence electrons. The Morgan fingerprint density at radius 1 is 0.966 bits per heavy atom. The van der Waals surface area contributed by atoms with Crippen LogP contribution in [0.1, 0.15) is 37.8 Å². The van der Waals surface area contributed by atoms with Gasteiger partial charge in [0, 0.05) is 18.4 Å². The molecule has 0 spiro atoms. The average molecular weight is 397 g/mol. The van der Waals surface area contributed by atoms with Crippen molar-refractivity contribution in [2.24, 2.45) is 5.92 Å². The standard InChI is InChI=1S/C23H27NO5/c1-23(2,24-22(28)29-16-18-11-7-4-8-12-18)15-20(25)14-19(21(26)27)13-17-9-5-3-6-10-17/h3-12,19H,13-16H2,1-2H3,(H,24,28)(H,26,27). The minimum Gasteiger partial charge on any atom is -0.481 e. The number of hydrogen-bond acceptors (Lipinski definition) is 4. The quantitative estimate of drug-likeness (QED) is 0.632. The molecular weight excluding hydrogens is 370 g/mol. The van der Waals surface area contributed by atoms with Crippen LogP contribution in [0.4, 0.5) is 4.79 Å². The predicted octanol–water partition coefficient (Wildman–Crippen LogP) is 3.98. The lowest BCUT2D eigenvalue weighted by atomic mass is 9.89. The third-order valence-electron chi connectivity index (χ3n) is 4.44. The number of Topliss-reactive ketones (excluding diaryl/α,β-unsaturated/α-hetero) is 1. The first-order chi connectivity index (χ1) is 13.7. The second kappa shape index (κ2) is 10.4. The number of alkyl carbamates (subject to hydrolysis) is 1. The summed E-state index contributed by atoms with van der Waals surface area (Å²) in [5, 5.41) is 12.1. The number of carbonyl (C=O) groups excluding carboxylic acids is 2. The highest BCUT2D eigenvalue weighted by molar-refractivity contribution is 5.85. The predicted molar refractivity (Wildman–Crippen MR) is 109 cm³/mol. The highest BCUT2D eigenvalue weighted by atomic mass is 16.5. The van der Waals surface area contributed by atoms with Crippen LogP contribution >= 0.6 is 0 Å². The van der Waals surface area contributed by atoms with E-state index in [0.717, 1.165) is 11.1 Å². The van der Waals surface area contributed by atoms with Crippen LogP contribution in [0, 0.1) is 5.92 Å². The smallest absolute Gasteiger partial charge is 0.407 e. The first kappa shape index (κ1) is 22.1. The molecule has 1 amide bonds. The van der Waals surface area contributed by atoms with Crippen molar-refractivity contribution in [3.05, 3.63) is 71.8 Å². The molecule has 2 N–H and O–H groups in total. The summed E-state index contributed by atoms with van der Waals surface area (Å²) in [7, 11) is 0. The molecule has 6 heteroatoms. The summed E-state index contributed by atoms with van der Waals surface area (Å²) >= 11 is 0. The molecule has 2 rings (SSSR count). The van der Waals surface area contributed by atoms with Gasteiger partial charge < -0.3 is 15.2 Å². The first-order valence-electron chi connectivity index (χ1n) is 9.52. The van der Waals surface area contributed by atoms with Gasteiger partial charge in [-0.3, -0.25) is 9.59 Å². The lowest BCUT2D eigenvalue weighted by Gasteiger charge is -2.25. The number of carboxylic acids is 1. The normalized spacial score (nSPS) is 12.1. The molecule has 1 unspecified atom stereocenters. The Labute approximate surface area is 170 Å². The largest absolute Gasteiger partial charge is 0.481 e. The van der Waals surface area contributed by atoms with Crippen molar-refractivity contribution < 1.29 is 24.2 Å². The number of amides is 1. The van der Waals surface area contributed by atoms with Gasteiger partial charge in [-0.05, 0) is 31.4 Å². The lowest BCUT2D eigenvalue weighted by molar-refractivity contribution is -0.143. The van der Waals surface area contributed by atoms with Gasteiger partial charge in [0.1, 0.15) is 12.4 Å². The number of ether oxygens (including phenoxy) is 1. The molecule has 0 saturated heterocycles. The number of rotatable bonds is 10. The first-order valence-corrected chi connectivity index (χ1v) is 9.52. The molecule has 0 bridgehead atoms. The van der Waals surface area contributed by atoms with Gasteiger partial charge in [-0.1, -0.05) is 60.7 Å². The molecule has 0 heterocycles. The van der Waals surface area contributed by atoms with E-state index >= 15 is 0 Å². The van der Waals surface area contributed by atoms with Crippen molar-refractivity contribution in [3.8, 4) is 0 Å². The van der Waals surface area contributed by atoms with E-state index in [1.165, 1.54) is 0 Å². The molecule has 0 saturated carbocycles. The number of carboxylic acid groups (broad SMARTS) is 1. The monoisotopic (exact) mass is 397 g/mol. The maximum Gasteiger partial charge on any atom is 0.407 e. The summed E-state index contributed by atoms with van der Waals surface area (Å²) in [5.74, 6) is -2.03. The van der Waals surface area contributed by atoms with Crippen molar-refractivity contribution in [2.45, 2.75) is 45.3 Å². The van der Waals surface area contributed by atoms with E-state index in [9.17, 15) is 19.5 Å². The van der Waals surface area contributed by atoms with Crippen LogP contribution in [0.5, 0.6) is 0 Å². The Morgan fingerprint density at radius 3 is 2.07 bits per heavy atom. The molecule has 6 nitrogen and oxygen atoms in total. The van der Waals surface area contributed by atoms with Gasteiger partial charge in [0.2, 0.25) is 0 Å². The zero-order valence-electron chi connectivity index (χ0n) is 16.8. The third kappa shape index (κ3) is 8.17. The SMILES string of the molecule is CC(C)(CC(=O)CC(Cc1ccccc1)C(=O)O)NC(=O)OCc1ccccc1. The Balaban J connectivity index is 1.84. The van der Waals surface area contributed by atoms with Crippen LogP contribution in [-0.4, -0.2) is 28.5 Å². The van der Waals surface area contributed by atoms with E-state index in [-0.39, 0.29) is 31.7 Å². The van der Waals surface area contributed by atoms with Crippen molar-refractivity contribution >= 4 is 17.8 Å². The molecule has 0 aliphatic carbocycles. The van der Waals surface area contributed by atoms with E-state index in [1.54, 1.807) is 13.8 Å². The minimum atomic E-state index is -1.00. The van der Waals surface area contributed by atoms with Crippen LogP contribution in [0.3, 0.4) is 0 Å². The molecule has 1 atom stereocenters. The van der Waals surface area contributed by atoms with Gasteiger partial charge >= 0.3 is 12.1 Å². The third-order valence-corrected chi connectivity index (χ3v) is 4.44. The maximum atomic E-state index is 12.5. The van der Waals surface area contributed by atoms with Crippen LogP contribution < -0.4 is 5.32 Å². The fourth-order valence-electron chi connectivity index (χ4n) is 3.07. The van der Waals surface area contributed by atoms with Gasteiger partial charge in [0.15, 0.2) is 0 Å². The van der Waals surface area contributed by atoms with E-state index < -0.39 is 23.5 Å². The van der Waals surface area contributed by atoms with Crippen LogP contribution in [0.25, 0.3) is 0 Å². The second-order valence-corrected chi connectivity index (χ2v) is 7.72. The van der Waals surface area contributed by atoms with Crippen LogP contribution in [0.2, 0.25) is 0 Å². The number of carbonyl (C=O) groups is 3. The molecule has 0 radical (unpaired) electrons. The van der Waals surface area contributed by atoms with Crippen molar-refractivity contribution in [1.29, 1.82) is 0 Å². The summed E-state index contributed by atoms with van der Waals surface area (Å²) < 4.78 is 5.19. The van der Waals surface area contributed by atoms with E-state index in [1.807, 2.05) is 60.7 Å². The number of aliphatic carboxylic acids is 1. The molecule has 0 aliphatic rings. The van der Waals surface area contributed by atoms with Crippen molar-refractivity contribution in [2.75, 3.05) is 0 Å². The zero-order chi connectivity index (χ0) is 21.3. The topological polar surface area (TPSA) is 92.7 Å². The highest BCUT2D eigenvalue weighted by Crippen LogP contribution is 2.18. The zero-order valence-corrected chi connectivity index (χ0v) is 16.8. The van der Waals surface area contributed by atoms with Gasteiger partial charge in [-0.25, -0.2) is 4.79 Å². The van der Waals surface area contributed by atoms with Crippen molar-refractivity contribution in [3.63, 3.8) is 0 Å². The number of benzene rings is 2. The lowest BCUT2D eigenvalue weighted by Crippen LogP contribution is -2.45. The molecule has 0 fully saturated rings. The molecule has 29 heavy (non-hydrogen) atoms. The van der Waals surface area contributed by atoms with E-state index in [2.05, 4.69) is 5.32 Å². The molecule has 2 aromatic carbocycles. The van der Waals surface area contributed by atoms with E-state index in [0.29, 0.717) is 0 Å². The molecule has 0 aromatic heterocycles. The molecule has 2 aromatic rings. The summed E-state index contributed by atoms with van der Waals surface area (Å²) in [4.78, 5) is 36.1. The Morgan fingerprint density at radius 2 is 1.52 bits per heavy atom. The van der Waals surface area contributed by atoms with Crippen molar-refractivity contribution in [1.82, 2.24) is 5.32 Å². The fraction of sp³-hybridized carbons (Fsp3) is 0.348. The summed E-state index contributed by atoms with van der Waals surface area (Å²) in [6.45, 7) is 3.55. The summed E-state index contributed by atoms with van der Waals surface area (Å²) in [6.07, 6.45) is -0.402. The van der Waals surface area contributed by atoms with Crippen LogP contribution in [-0.2, 0) is 27.4 Å². The maximum absolute atomic E-state index is 12.5. The average Bonchev–Trinajstić information content (AvgIpc) is 2.66. The highest BCUT2D eigenvalue weighted by Gasteiger charge is 2.28. The van der Waals surface area contributed by atoms with Gasteiger partial charge in [0.25, 0.3) is 0 Å². The fourth-order valence-corrected chi connectivity index (χ4v) is 3.07. The Kier molecular flexibility index (Phi) is 7.95. The second-order valence-electron chi connectivity index (χ2n) is 7.72.